The van der Waals surface area contributed by atoms with Crippen LogP contribution in [0.1, 0.15) is 86.8 Å². The fourth-order valence-corrected chi connectivity index (χ4v) is 4.81. The molecule has 0 fully saturated rings. The van der Waals surface area contributed by atoms with Gasteiger partial charge in [-0.2, -0.15) is 45.5 Å². The van der Waals surface area contributed by atoms with Crippen LogP contribution in [0, 0.1) is 13.8 Å². The summed E-state index contributed by atoms with van der Waals surface area (Å²) >= 11 is 1.80. The zero-order valence-corrected chi connectivity index (χ0v) is 26.4. The minimum absolute atomic E-state index is 0. The van der Waals surface area contributed by atoms with E-state index < -0.39 is 0 Å². The predicted octanol–water partition coefficient (Wildman–Crippen LogP) is 1.45. The van der Waals surface area contributed by atoms with Crippen LogP contribution >= 0.6 is 0 Å². The molecule has 0 saturated carbocycles. The fraction of sp³-hybridized carbons (Fsp3) is 0.615. The maximum absolute atomic E-state index is 2.37. The Morgan fingerprint density at radius 3 is 1.33 bits per heavy atom. The Morgan fingerprint density at radius 1 is 0.767 bits per heavy atom. The van der Waals surface area contributed by atoms with E-state index in [0.717, 1.165) is 0 Å². The molecule has 0 aromatic heterocycles. The van der Waals surface area contributed by atoms with Gasteiger partial charge in [-0.25, -0.2) is 12.1 Å². The summed E-state index contributed by atoms with van der Waals surface area (Å²) in [6, 6.07) is 9.45. The van der Waals surface area contributed by atoms with Crippen LogP contribution in [-0.4, -0.2) is 9.98 Å². The Morgan fingerprint density at radius 2 is 1.07 bits per heavy atom. The van der Waals surface area contributed by atoms with Gasteiger partial charge in [0.2, 0.25) is 0 Å². The van der Waals surface area contributed by atoms with Crippen LogP contribution in [0.5, 0.6) is 0 Å². The van der Waals surface area contributed by atoms with E-state index in [1.54, 1.807) is 43.9 Å². The predicted molar refractivity (Wildman–Crippen MR) is 123 cm³/mol. The van der Waals surface area contributed by atoms with Crippen LogP contribution < -0.4 is 24.8 Å². The van der Waals surface area contributed by atoms with Crippen molar-refractivity contribution in [3.05, 3.63) is 57.6 Å². The first-order valence-electron chi connectivity index (χ1n) is 11.0. The number of fused-ring (bicyclic) bond motifs is 2. The van der Waals surface area contributed by atoms with Crippen LogP contribution in [-0.2, 0) is 45.3 Å². The number of aryl methyl sites for hydroxylation is 4. The maximum atomic E-state index is 2.37. The van der Waals surface area contributed by atoms with Crippen molar-refractivity contribution in [3.63, 3.8) is 0 Å². The second-order valence-electron chi connectivity index (χ2n) is 10.4. The molecule has 0 nitrogen and oxygen atoms in total. The van der Waals surface area contributed by atoms with Crippen molar-refractivity contribution in [2.24, 2.45) is 0 Å². The third-order valence-electron chi connectivity index (χ3n) is 6.19. The van der Waals surface area contributed by atoms with Gasteiger partial charge in [0.1, 0.15) is 0 Å². The Bertz CT molecular complexity index is 745. The van der Waals surface area contributed by atoms with Crippen LogP contribution in [0.15, 0.2) is 24.3 Å². The average molecular weight is 587 g/mol. The quantitative estimate of drug-likeness (QED) is 0.324. The van der Waals surface area contributed by atoms with Gasteiger partial charge in [-0.3, -0.25) is 0 Å². The molecule has 0 spiro atoms. The van der Waals surface area contributed by atoms with Crippen molar-refractivity contribution in [2.45, 2.75) is 102 Å². The van der Waals surface area contributed by atoms with Gasteiger partial charge in [0.15, 0.2) is 0 Å². The summed E-state index contributed by atoms with van der Waals surface area (Å²) in [4.78, 5) is 0. The van der Waals surface area contributed by atoms with Gasteiger partial charge in [0.25, 0.3) is 0 Å². The zero-order valence-electron chi connectivity index (χ0n) is 20.3. The average Bonchev–Trinajstić information content (AvgIpc) is 3.10. The molecule has 168 valence electrons. The summed E-state index contributed by atoms with van der Waals surface area (Å²) in [5.41, 5.74) is 10.2. The van der Waals surface area contributed by atoms with Crippen molar-refractivity contribution < 1.29 is 46.4 Å². The minimum Gasteiger partial charge on any atom is -1.00 e. The molecule has 4 heteroatoms. The molecule has 0 saturated heterocycles. The third kappa shape index (κ3) is 8.57. The standard InChI is InChI=1S/2C12H17.C2H6Ge.2ClH.Zr/c2*1-9-7-10-5-4-6-12(2,3)11(10)8-9;1-3-2;;;/h2*7-8H,4-6H2,1-3H3;1-2H3;2*1H;/q2*-1;;;;+2/p-2. The summed E-state index contributed by atoms with van der Waals surface area (Å²) in [5, 5.41) is 0. The van der Waals surface area contributed by atoms with E-state index in [2.05, 4.69) is 77.3 Å². The second kappa shape index (κ2) is 12.8. The second-order valence-corrected chi connectivity index (χ2v) is 27.4. The maximum Gasteiger partial charge on any atom is -1.00 e. The molecule has 0 atom stereocenters. The Labute approximate surface area is 214 Å². The molecular weight excluding hydrogens is 547 g/mol. The van der Waals surface area contributed by atoms with E-state index in [1.165, 1.54) is 49.7 Å². The number of hydrogen-bond acceptors (Lipinski definition) is 0. The summed E-state index contributed by atoms with van der Waals surface area (Å²) in [6.07, 6.45) is 8.03. The van der Waals surface area contributed by atoms with Crippen LogP contribution in [0.4, 0.5) is 0 Å². The molecule has 0 N–H and O–H groups in total. The van der Waals surface area contributed by atoms with Crippen molar-refractivity contribution in [3.8, 4) is 0 Å². The number of halogens is 2. The molecule has 2 aromatic rings. The minimum atomic E-state index is -0.243. The van der Waals surface area contributed by atoms with Crippen LogP contribution in [0.3, 0.4) is 0 Å². The van der Waals surface area contributed by atoms with Gasteiger partial charge in [0, 0.05) is 0 Å². The molecule has 0 bridgehead atoms. The van der Waals surface area contributed by atoms with E-state index in [1.807, 2.05) is 0 Å². The summed E-state index contributed by atoms with van der Waals surface area (Å²) < 4.78 is 0. The molecule has 2 aliphatic carbocycles. The smallest absolute Gasteiger partial charge is 1.00 e. The third-order valence-corrected chi connectivity index (χ3v) is 6.19. The molecule has 30 heavy (non-hydrogen) atoms. The molecule has 0 unspecified atom stereocenters. The zero-order chi connectivity index (χ0) is 21.1. The van der Waals surface area contributed by atoms with Gasteiger partial charge in [-0.05, 0) is 0 Å². The summed E-state index contributed by atoms with van der Waals surface area (Å²) in [7, 11) is -0.243. The molecule has 2 aromatic carbocycles. The van der Waals surface area contributed by atoms with Crippen LogP contribution in [0.25, 0.3) is 0 Å². The topological polar surface area (TPSA) is 0 Å². The first kappa shape index (κ1) is 30.7. The van der Waals surface area contributed by atoms with Crippen LogP contribution in [0.2, 0.25) is 11.5 Å². The number of rotatable bonds is 0. The van der Waals surface area contributed by atoms with E-state index in [-0.39, 0.29) is 34.8 Å². The van der Waals surface area contributed by atoms with Gasteiger partial charge in [0.05, 0.1) is 0 Å². The Hall–Kier alpha value is 0.706. The number of hydrogen-bond donors (Lipinski definition) is 0. The SMILES string of the molecule is Cc1cc2c([cH-]1)CCCC2(C)C.Cc1cc2c([cH-]1)CCCC2(C)C.[CH3][Ge]([CH3])=[Zr+2].[Cl-].[Cl-]. The van der Waals surface area contributed by atoms with E-state index >= 15 is 0 Å². The molecule has 0 heterocycles. The Balaban J connectivity index is 0.000000452. The molecule has 4 rings (SSSR count). The van der Waals surface area contributed by atoms with Crippen molar-refractivity contribution in [2.75, 3.05) is 0 Å². The first-order chi connectivity index (χ1) is 12.9. The van der Waals surface area contributed by atoms with E-state index in [0.29, 0.717) is 10.8 Å². The van der Waals surface area contributed by atoms with E-state index in [9.17, 15) is 0 Å². The molecule has 0 aliphatic heterocycles. The summed E-state index contributed by atoms with van der Waals surface area (Å²) in [5.74, 6) is 4.75. The van der Waals surface area contributed by atoms with Crippen molar-refractivity contribution in [1.82, 2.24) is 0 Å². The summed E-state index contributed by atoms with van der Waals surface area (Å²) in [6.45, 7) is 13.9. The largest absolute Gasteiger partial charge is 1.00 e. The van der Waals surface area contributed by atoms with Gasteiger partial charge in [-0.15, -0.1) is 0 Å². The van der Waals surface area contributed by atoms with Crippen molar-refractivity contribution >= 4 is 9.98 Å². The van der Waals surface area contributed by atoms with E-state index in [4.69, 9.17) is 0 Å². The van der Waals surface area contributed by atoms with Gasteiger partial charge < -0.3 is 24.8 Å². The molecule has 0 radical (unpaired) electrons. The Kier molecular flexibility index (Phi) is 13.1. The monoisotopic (exact) mass is 586 g/mol. The van der Waals surface area contributed by atoms with Crippen molar-refractivity contribution in [1.29, 1.82) is 0 Å². The normalized spacial score (nSPS) is 17.4. The molecule has 2 aliphatic rings. The first-order valence-corrected chi connectivity index (χ1v) is 22.6. The fourth-order valence-electron chi connectivity index (χ4n) is 4.81. The molecular formula is C26H40Cl2GeZr-2. The van der Waals surface area contributed by atoms with Gasteiger partial charge in [-0.1, -0.05) is 90.9 Å². The van der Waals surface area contributed by atoms with Gasteiger partial charge >= 0.3 is 43.1 Å². The molecule has 0 amide bonds.